The summed E-state index contributed by atoms with van der Waals surface area (Å²) in [5.41, 5.74) is 6.60. The number of rotatable bonds is 5. The molecule has 0 aliphatic carbocycles. The van der Waals surface area contributed by atoms with E-state index in [1.807, 2.05) is 31.2 Å². The van der Waals surface area contributed by atoms with E-state index in [4.69, 9.17) is 10.5 Å². The van der Waals surface area contributed by atoms with Crippen LogP contribution in [0.1, 0.15) is 12.5 Å². The van der Waals surface area contributed by atoms with Gasteiger partial charge in [-0.3, -0.25) is 4.79 Å². The van der Waals surface area contributed by atoms with Crippen LogP contribution in [0.4, 0.5) is 0 Å². The zero-order valence-corrected chi connectivity index (χ0v) is 11.9. The second kappa shape index (κ2) is 7.95. The first kappa shape index (κ1) is 16.7. The molecule has 0 unspecified atom stereocenters. The van der Waals surface area contributed by atoms with Gasteiger partial charge in [-0.1, -0.05) is 18.2 Å². The van der Waals surface area contributed by atoms with Crippen LogP contribution >= 0.6 is 12.4 Å². The number of benzene rings is 1. The average Bonchev–Trinajstić information content (AvgIpc) is 2.30. The normalized spacial score (nSPS) is 11.3. The first-order valence-electron chi connectivity index (χ1n) is 5.71. The summed E-state index contributed by atoms with van der Waals surface area (Å²) in [5, 5.41) is 0. The largest absolute Gasteiger partial charge is 0.491 e. The van der Waals surface area contributed by atoms with Crippen LogP contribution in [-0.2, 0) is 4.79 Å². The first-order valence-corrected chi connectivity index (χ1v) is 5.71. The number of halogens is 1. The second-order valence-corrected chi connectivity index (χ2v) is 4.16. The topological polar surface area (TPSA) is 55.6 Å². The zero-order valence-electron chi connectivity index (χ0n) is 11.1. The molecule has 0 saturated heterocycles. The molecule has 0 saturated carbocycles. The summed E-state index contributed by atoms with van der Waals surface area (Å²) in [6.07, 6.45) is 0. The first-order chi connectivity index (χ1) is 8.02. The van der Waals surface area contributed by atoms with E-state index in [1.54, 1.807) is 18.9 Å². The molecular weight excluding hydrogens is 252 g/mol. The molecule has 1 aromatic rings. The molecule has 5 heteroatoms. The van der Waals surface area contributed by atoms with E-state index < -0.39 is 6.04 Å². The number of amides is 1. The Kier molecular flexibility index (Phi) is 7.39. The van der Waals surface area contributed by atoms with Crippen LogP contribution in [0.15, 0.2) is 24.3 Å². The monoisotopic (exact) mass is 272 g/mol. The van der Waals surface area contributed by atoms with Gasteiger partial charge in [-0.25, -0.2) is 0 Å². The van der Waals surface area contributed by atoms with Crippen LogP contribution < -0.4 is 10.5 Å². The van der Waals surface area contributed by atoms with E-state index in [-0.39, 0.29) is 18.3 Å². The maximum atomic E-state index is 11.5. The second-order valence-electron chi connectivity index (χ2n) is 4.16. The maximum Gasteiger partial charge on any atom is 0.239 e. The van der Waals surface area contributed by atoms with Crippen molar-refractivity contribution in [2.75, 3.05) is 20.2 Å². The lowest BCUT2D eigenvalue weighted by atomic mass is 10.2. The SMILES string of the molecule is Cc1ccccc1OCCN(C)C(=O)[C@@H](C)N.Cl. The average molecular weight is 273 g/mol. The van der Waals surface area contributed by atoms with Gasteiger partial charge in [-0.2, -0.15) is 0 Å². The Morgan fingerprint density at radius 3 is 2.61 bits per heavy atom. The van der Waals surface area contributed by atoms with Crippen LogP contribution in [-0.4, -0.2) is 37.0 Å². The molecule has 0 bridgehead atoms. The highest BCUT2D eigenvalue weighted by Crippen LogP contribution is 2.15. The number of carbonyl (C=O) groups excluding carboxylic acids is 1. The van der Waals surface area contributed by atoms with E-state index in [0.29, 0.717) is 13.2 Å². The van der Waals surface area contributed by atoms with Gasteiger partial charge in [-0.05, 0) is 25.5 Å². The molecule has 1 aromatic carbocycles. The van der Waals surface area contributed by atoms with Gasteiger partial charge < -0.3 is 15.4 Å². The lowest BCUT2D eigenvalue weighted by Gasteiger charge is -2.19. The summed E-state index contributed by atoms with van der Waals surface area (Å²) in [7, 11) is 1.73. The number of carbonyl (C=O) groups is 1. The minimum atomic E-state index is -0.460. The molecule has 102 valence electrons. The van der Waals surface area contributed by atoms with Crippen LogP contribution in [0, 0.1) is 6.92 Å². The highest BCUT2D eigenvalue weighted by Gasteiger charge is 2.12. The van der Waals surface area contributed by atoms with Crippen molar-refractivity contribution in [2.24, 2.45) is 5.73 Å². The Morgan fingerprint density at radius 1 is 1.44 bits per heavy atom. The van der Waals surface area contributed by atoms with Gasteiger partial charge in [0, 0.05) is 7.05 Å². The fourth-order valence-corrected chi connectivity index (χ4v) is 1.47. The van der Waals surface area contributed by atoms with Crippen molar-refractivity contribution < 1.29 is 9.53 Å². The van der Waals surface area contributed by atoms with Crippen molar-refractivity contribution >= 4 is 18.3 Å². The quantitative estimate of drug-likeness (QED) is 0.886. The summed E-state index contributed by atoms with van der Waals surface area (Å²) in [5.74, 6) is 0.785. The van der Waals surface area contributed by atoms with E-state index in [0.717, 1.165) is 11.3 Å². The van der Waals surface area contributed by atoms with Crippen LogP contribution in [0.3, 0.4) is 0 Å². The molecule has 18 heavy (non-hydrogen) atoms. The number of nitrogens with zero attached hydrogens (tertiary/aromatic N) is 1. The van der Waals surface area contributed by atoms with Crippen molar-refractivity contribution in [2.45, 2.75) is 19.9 Å². The third-order valence-electron chi connectivity index (χ3n) is 2.54. The lowest BCUT2D eigenvalue weighted by molar-refractivity contribution is -0.131. The molecule has 0 fully saturated rings. The molecule has 0 aromatic heterocycles. The van der Waals surface area contributed by atoms with Gasteiger partial charge in [0.1, 0.15) is 12.4 Å². The molecule has 0 spiro atoms. The van der Waals surface area contributed by atoms with Crippen LogP contribution in [0.5, 0.6) is 5.75 Å². The fourth-order valence-electron chi connectivity index (χ4n) is 1.47. The summed E-state index contributed by atoms with van der Waals surface area (Å²) < 4.78 is 5.60. The molecule has 0 radical (unpaired) electrons. The summed E-state index contributed by atoms with van der Waals surface area (Å²) in [4.78, 5) is 13.1. The standard InChI is InChI=1S/C13H20N2O2.ClH/c1-10-6-4-5-7-12(10)17-9-8-15(3)13(16)11(2)14;/h4-7,11H,8-9,14H2,1-3H3;1H/t11-;/m1./s1. The van der Waals surface area contributed by atoms with Gasteiger partial charge >= 0.3 is 0 Å². The predicted octanol–water partition coefficient (Wildman–Crippen LogP) is 1.60. The van der Waals surface area contributed by atoms with E-state index >= 15 is 0 Å². The fraction of sp³-hybridized carbons (Fsp3) is 0.462. The van der Waals surface area contributed by atoms with Crippen molar-refractivity contribution in [3.8, 4) is 5.75 Å². The minimum Gasteiger partial charge on any atom is -0.491 e. The molecule has 2 N–H and O–H groups in total. The minimum absolute atomic E-state index is 0. The van der Waals surface area contributed by atoms with Crippen molar-refractivity contribution in [1.29, 1.82) is 0 Å². The molecular formula is C13H21ClN2O2. The van der Waals surface area contributed by atoms with E-state index in [9.17, 15) is 4.79 Å². The molecule has 1 rings (SSSR count). The molecule has 0 heterocycles. The number of para-hydroxylation sites is 1. The third kappa shape index (κ3) is 4.94. The molecule has 4 nitrogen and oxygen atoms in total. The number of hydrogen-bond donors (Lipinski definition) is 1. The van der Waals surface area contributed by atoms with Gasteiger partial charge in [0.05, 0.1) is 12.6 Å². The highest BCUT2D eigenvalue weighted by molar-refractivity contribution is 5.85. The van der Waals surface area contributed by atoms with Gasteiger partial charge in [0.15, 0.2) is 0 Å². The van der Waals surface area contributed by atoms with E-state index in [2.05, 4.69) is 0 Å². The van der Waals surface area contributed by atoms with Crippen molar-refractivity contribution in [3.63, 3.8) is 0 Å². The Hall–Kier alpha value is -1.26. The third-order valence-corrected chi connectivity index (χ3v) is 2.54. The number of ether oxygens (including phenoxy) is 1. The number of hydrogen-bond acceptors (Lipinski definition) is 3. The number of likely N-dealkylation sites (N-methyl/N-ethyl adjacent to an activating group) is 1. The summed E-state index contributed by atoms with van der Waals surface area (Å²) in [6.45, 7) is 4.68. The smallest absolute Gasteiger partial charge is 0.239 e. The Morgan fingerprint density at radius 2 is 2.06 bits per heavy atom. The zero-order chi connectivity index (χ0) is 12.8. The molecule has 0 aliphatic rings. The van der Waals surface area contributed by atoms with Gasteiger partial charge in [0.25, 0.3) is 0 Å². The van der Waals surface area contributed by atoms with Crippen LogP contribution in [0.25, 0.3) is 0 Å². The number of aryl methyl sites for hydroxylation is 1. The lowest BCUT2D eigenvalue weighted by Crippen LogP contribution is -2.41. The predicted molar refractivity (Wildman–Crippen MR) is 75.2 cm³/mol. The Balaban J connectivity index is 0.00000289. The highest BCUT2D eigenvalue weighted by atomic mass is 35.5. The van der Waals surface area contributed by atoms with Crippen molar-refractivity contribution in [1.82, 2.24) is 4.90 Å². The molecule has 1 atom stereocenters. The summed E-state index contributed by atoms with van der Waals surface area (Å²) in [6, 6.07) is 7.35. The Labute approximate surface area is 115 Å². The molecule has 1 amide bonds. The van der Waals surface area contributed by atoms with E-state index in [1.165, 1.54) is 0 Å². The maximum absolute atomic E-state index is 11.5. The van der Waals surface area contributed by atoms with Gasteiger partial charge in [-0.15, -0.1) is 12.4 Å². The number of nitrogens with two attached hydrogens (primary N) is 1. The van der Waals surface area contributed by atoms with Crippen molar-refractivity contribution in [3.05, 3.63) is 29.8 Å². The van der Waals surface area contributed by atoms with Crippen LogP contribution in [0.2, 0.25) is 0 Å². The van der Waals surface area contributed by atoms with Gasteiger partial charge in [0.2, 0.25) is 5.91 Å². The molecule has 0 aliphatic heterocycles. The summed E-state index contributed by atoms with van der Waals surface area (Å²) >= 11 is 0. The Bertz CT molecular complexity index is 383.